The highest BCUT2D eigenvalue weighted by molar-refractivity contribution is 5.74. The number of benzene rings is 1. The molecule has 4 heterocycles. The normalized spacial score (nSPS) is 18.0. The number of carboxylic acid groups (broad SMARTS) is 1. The van der Waals surface area contributed by atoms with Crippen molar-refractivity contribution in [3.63, 3.8) is 0 Å². The number of amides is 1. The van der Waals surface area contributed by atoms with Crippen LogP contribution in [0, 0.1) is 17.6 Å². The van der Waals surface area contributed by atoms with E-state index in [2.05, 4.69) is 25.7 Å². The Kier molecular flexibility index (Phi) is 6.46. The lowest BCUT2D eigenvalue weighted by atomic mass is 9.93. The molecular weight excluding hydrogens is 513 g/mol. The van der Waals surface area contributed by atoms with Gasteiger partial charge in [-0.1, -0.05) is 6.07 Å². The van der Waals surface area contributed by atoms with Gasteiger partial charge in [-0.2, -0.15) is 22.8 Å². The summed E-state index contributed by atoms with van der Waals surface area (Å²) in [5.74, 6) is -3.23. The highest BCUT2D eigenvalue weighted by atomic mass is 19.4. The lowest BCUT2D eigenvalue weighted by Gasteiger charge is -2.40. The molecule has 0 saturated carbocycles. The Morgan fingerprint density at radius 3 is 2.53 bits per heavy atom. The first-order chi connectivity index (χ1) is 18.1. The van der Waals surface area contributed by atoms with Crippen molar-refractivity contribution >= 4 is 28.9 Å². The lowest BCUT2D eigenvalue weighted by Crippen LogP contribution is -2.53. The van der Waals surface area contributed by atoms with Gasteiger partial charge in [0.2, 0.25) is 5.95 Å². The molecule has 1 saturated heterocycles. The molecule has 0 radical (unpaired) electrons. The van der Waals surface area contributed by atoms with E-state index in [4.69, 9.17) is 5.11 Å². The lowest BCUT2D eigenvalue weighted by molar-refractivity contribution is -0.177. The van der Waals surface area contributed by atoms with E-state index in [1.54, 1.807) is 6.07 Å². The number of hydrogen-bond donors (Lipinski definition) is 3. The molecule has 1 aliphatic heterocycles. The molecule has 3 aromatic heterocycles. The summed E-state index contributed by atoms with van der Waals surface area (Å²) in [6.07, 6.45) is -2.08. The summed E-state index contributed by atoms with van der Waals surface area (Å²) in [4.78, 5) is 20.9. The van der Waals surface area contributed by atoms with Crippen LogP contribution in [0.3, 0.4) is 0 Å². The van der Waals surface area contributed by atoms with Crippen molar-refractivity contribution in [2.24, 2.45) is 5.92 Å². The number of carbonyl (C=O) groups is 1. The van der Waals surface area contributed by atoms with Gasteiger partial charge in [-0.25, -0.2) is 18.6 Å². The number of nitrogens with one attached hydrogen (secondary N) is 2. The van der Waals surface area contributed by atoms with Gasteiger partial charge in [0.15, 0.2) is 0 Å². The van der Waals surface area contributed by atoms with E-state index < -0.39 is 42.4 Å². The molecule has 198 valence electrons. The van der Waals surface area contributed by atoms with E-state index in [0.29, 0.717) is 11.2 Å². The number of piperidine rings is 1. The molecule has 1 amide bonds. The van der Waals surface area contributed by atoms with Gasteiger partial charge in [-0.05, 0) is 36.8 Å². The minimum atomic E-state index is -4.53. The molecular formula is C24H20F5N7O2. The van der Waals surface area contributed by atoms with Crippen molar-refractivity contribution in [2.75, 3.05) is 23.3 Å². The van der Waals surface area contributed by atoms with Crippen LogP contribution in [0.4, 0.5) is 44.1 Å². The number of rotatable bonds is 5. The molecule has 0 aliphatic carbocycles. The second-order valence-corrected chi connectivity index (χ2v) is 8.78. The Morgan fingerprint density at radius 2 is 1.82 bits per heavy atom. The summed E-state index contributed by atoms with van der Waals surface area (Å²) in [7, 11) is 0. The molecule has 2 atom stereocenters. The molecule has 0 spiro atoms. The summed E-state index contributed by atoms with van der Waals surface area (Å²) < 4.78 is 70.9. The van der Waals surface area contributed by atoms with Crippen molar-refractivity contribution in [3.05, 3.63) is 66.6 Å². The number of aromatic nitrogens is 4. The summed E-state index contributed by atoms with van der Waals surface area (Å²) in [5, 5.41) is 18.5. The number of hydrogen-bond acceptors (Lipinski definition) is 6. The van der Waals surface area contributed by atoms with Crippen LogP contribution in [0.2, 0.25) is 0 Å². The van der Waals surface area contributed by atoms with E-state index in [1.165, 1.54) is 46.2 Å². The number of imidazole rings is 1. The largest absolute Gasteiger partial charge is 0.465 e. The standard InChI is InChI=1S/C24H20F5N7O2/c25-16-2-1-3-17(26)21(16)18-5-4-15-9-31-22(36(15)34-18)33-19-10-30-7-6-20(19)35-11-13(24(27,28)29)8-14(12-35)32-23(37)38/h1-7,9-10,13-14,32H,8,11-12H2,(H,31,33)(H,37,38)/t13-,14+/m0/s1. The van der Waals surface area contributed by atoms with Crippen molar-refractivity contribution in [3.8, 4) is 11.3 Å². The van der Waals surface area contributed by atoms with Crippen molar-refractivity contribution in [1.29, 1.82) is 0 Å². The van der Waals surface area contributed by atoms with Crippen LogP contribution in [0.15, 0.2) is 55.0 Å². The average Bonchev–Trinajstić information content (AvgIpc) is 3.25. The number of nitrogens with zero attached hydrogens (tertiary/aromatic N) is 5. The molecule has 38 heavy (non-hydrogen) atoms. The predicted octanol–water partition coefficient (Wildman–Crippen LogP) is 4.84. The van der Waals surface area contributed by atoms with E-state index in [-0.39, 0.29) is 35.9 Å². The van der Waals surface area contributed by atoms with Crippen LogP contribution in [0.25, 0.3) is 16.8 Å². The fourth-order valence-electron chi connectivity index (χ4n) is 4.54. The quantitative estimate of drug-likeness (QED) is 0.315. The third kappa shape index (κ3) is 5.01. The second kappa shape index (κ2) is 9.76. The van der Waals surface area contributed by atoms with Crippen LogP contribution >= 0.6 is 0 Å². The van der Waals surface area contributed by atoms with Crippen LogP contribution < -0.4 is 15.5 Å². The highest BCUT2D eigenvalue weighted by Gasteiger charge is 2.45. The highest BCUT2D eigenvalue weighted by Crippen LogP contribution is 2.37. The minimum Gasteiger partial charge on any atom is -0.465 e. The maximum atomic E-state index is 14.3. The minimum absolute atomic E-state index is 0.00510. The Morgan fingerprint density at radius 1 is 1.05 bits per heavy atom. The number of anilines is 3. The van der Waals surface area contributed by atoms with Gasteiger partial charge in [0.1, 0.15) is 11.6 Å². The fraction of sp³-hybridized carbons (Fsp3) is 0.250. The molecule has 14 heteroatoms. The van der Waals surface area contributed by atoms with Gasteiger partial charge < -0.3 is 20.6 Å². The van der Waals surface area contributed by atoms with Gasteiger partial charge in [0, 0.05) is 19.3 Å². The average molecular weight is 533 g/mol. The smallest absolute Gasteiger partial charge is 0.404 e. The van der Waals surface area contributed by atoms with Crippen LogP contribution in [-0.4, -0.2) is 56.1 Å². The number of alkyl halides is 3. The Hall–Kier alpha value is -4.49. The van der Waals surface area contributed by atoms with Crippen LogP contribution in [-0.2, 0) is 0 Å². The van der Waals surface area contributed by atoms with Crippen LogP contribution in [0.1, 0.15) is 6.42 Å². The molecule has 0 bridgehead atoms. The predicted molar refractivity (Wildman–Crippen MR) is 127 cm³/mol. The van der Waals surface area contributed by atoms with E-state index in [9.17, 15) is 26.7 Å². The molecule has 9 nitrogen and oxygen atoms in total. The maximum Gasteiger partial charge on any atom is 0.404 e. The van der Waals surface area contributed by atoms with Crippen molar-refractivity contribution < 1.29 is 31.9 Å². The molecule has 0 unspecified atom stereocenters. The van der Waals surface area contributed by atoms with Gasteiger partial charge >= 0.3 is 12.3 Å². The first-order valence-electron chi connectivity index (χ1n) is 11.4. The summed E-state index contributed by atoms with van der Waals surface area (Å²) in [5.41, 5.74) is 0.784. The van der Waals surface area contributed by atoms with E-state index in [1.807, 2.05) is 0 Å². The SMILES string of the molecule is O=C(O)N[C@@H]1C[C@H](C(F)(F)F)CN(c2ccncc2Nc2ncc3ccc(-c4c(F)cccc4F)nn23)C1. The first-order valence-corrected chi connectivity index (χ1v) is 11.4. The Bertz CT molecular complexity index is 1470. The van der Waals surface area contributed by atoms with Crippen LogP contribution in [0.5, 0.6) is 0 Å². The fourth-order valence-corrected chi connectivity index (χ4v) is 4.54. The Labute approximate surface area is 211 Å². The zero-order valence-corrected chi connectivity index (χ0v) is 19.5. The summed E-state index contributed by atoms with van der Waals surface area (Å²) in [6, 6.07) is 7.01. The molecule has 1 aliphatic rings. The summed E-state index contributed by atoms with van der Waals surface area (Å²) >= 11 is 0. The molecule has 4 aromatic rings. The first kappa shape index (κ1) is 25.2. The molecule has 5 rings (SSSR count). The zero-order valence-electron chi connectivity index (χ0n) is 19.5. The number of fused-ring (bicyclic) bond motifs is 1. The topological polar surface area (TPSA) is 108 Å². The summed E-state index contributed by atoms with van der Waals surface area (Å²) in [6.45, 7) is -0.397. The third-order valence-electron chi connectivity index (χ3n) is 6.23. The molecule has 1 aromatic carbocycles. The van der Waals surface area contributed by atoms with Gasteiger partial charge in [-0.3, -0.25) is 4.98 Å². The monoisotopic (exact) mass is 533 g/mol. The van der Waals surface area contributed by atoms with Crippen molar-refractivity contribution in [1.82, 2.24) is 24.9 Å². The molecule has 3 N–H and O–H groups in total. The number of pyridine rings is 1. The number of halogens is 5. The van der Waals surface area contributed by atoms with Gasteiger partial charge in [-0.15, -0.1) is 0 Å². The third-order valence-corrected chi connectivity index (χ3v) is 6.23. The van der Waals surface area contributed by atoms with Crippen molar-refractivity contribution in [2.45, 2.75) is 18.6 Å². The van der Waals surface area contributed by atoms with E-state index >= 15 is 0 Å². The van der Waals surface area contributed by atoms with Gasteiger partial charge in [0.25, 0.3) is 0 Å². The molecule has 1 fully saturated rings. The second-order valence-electron chi connectivity index (χ2n) is 8.78. The zero-order chi connectivity index (χ0) is 27.0. The maximum absolute atomic E-state index is 14.3. The van der Waals surface area contributed by atoms with Gasteiger partial charge in [0.05, 0.1) is 52.5 Å². The van der Waals surface area contributed by atoms with E-state index in [0.717, 1.165) is 12.1 Å². The Balaban J connectivity index is 1.49.